The average Bonchev–Trinajstić information content (AvgIpc) is 2.48. The lowest BCUT2D eigenvalue weighted by Gasteiger charge is -2.32. The molecular formula is C16H24FN3O. The van der Waals surface area contributed by atoms with E-state index >= 15 is 0 Å². The molecule has 0 bridgehead atoms. The number of para-hydroxylation sites is 1. The number of hydrogen-bond donors (Lipinski definition) is 2. The predicted octanol–water partition coefficient (Wildman–Crippen LogP) is 2.22. The fourth-order valence-corrected chi connectivity index (χ4v) is 2.86. The van der Waals surface area contributed by atoms with E-state index in [4.69, 9.17) is 5.73 Å². The molecule has 5 heteroatoms. The lowest BCUT2D eigenvalue weighted by atomic mass is 9.95. The second-order valence-electron chi connectivity index (χ2n) is 5.66. The van der Waals surface area contributed by atoms with Crippen LogP contribution in [-0.2, 0) is 4.79 Å². The van der Waals surface area contributed by atoms with E-state index in [1.807, 2.05) is 0 Å². The molecule has 1 aromatic rings. The minimum Gasteiger partial charge on any atom is -0.330 e. The molecule has 1 atom stereocenters. The van der Waals surface area contributed by atoms with Gasteiger partial charge in [-0.3, -0.25) is 4.79 Å². The molecule has 1 saturated heterocycles. The van der Waals surface area contributed by atoms with Gasteiger partial charge >= 0.3 is 0 Å². The highest BCUT2D eigenvalue weighted by Gasteiger charge is 2.19. The van der Waals surface area contributed by atoms with Crippen molar-refractivity contribution in [3.63, 3.8) is 0 Å². The van der Waals surface area contributed by atoms with Crippen LogP contribution < -0.4 is 11.1 Å². The van der Waals surface area contributed by atoms with E-state index in [9.17, 15) is 9.18 Å². The summed E-state index contributed by atoms with van der Waals surface area (Å²) in [6.07, 6.45) is 3.84. The van der Waals surface area contributed by atoms with E-state index in [0.717, 1.165) is 32.6 Å². The largest absolute Gasteiger partial charge is 0.330 e. The summed E-state index contributed by atoms with van der Waals surface area (Å²) in [6.45, 7) is 3.51. The number of halogens is 1. The lowest BCUT2D eigenvalue weighted by molar-refractivity contribution is -0.116. The summed E-state index contributed by atoms with van der Waals surface area (Å²) in [5.41, 5.74) is 5.86. The number of nitrogens with zero attached hydrogens (tertiary/aromatic N) is 1. The standard InChI is InChI=1S/C16H24FN3O/c17-14-5-1-2-6-15(14)19-16(21)8-11-20-10-3-4-13(12-20)7-9-18/h1-2,5-6,13H,3-4,7-12,18H2,(H,19,21). The van der Waals surface area contributed by atoms with Crippen LogP contribution in [0.25, 0.3) is 0 Å². The quantitative estimate of drug-likeness (QED) is 0.845. The molecule has 0 saturated carbocycles. The van der Waals surface area contributed by atoms with E-state index in [1.54, 1.807) is 18.2 Å². The minimum absolute atomic E-state index is 0.138. The summed E-state index contributed by atoms with van der Waals surface area (Å²) in [4.78, 5) is 14.2. The van der Waals surface area contributed by atoms with Crippen LogP contribution >= 0.6 is 0 Å². The van der Waals surface area contributed by atoms with Crippen LogP contribution in [0.5, 0.6) is 0 Å². The van der Waals surface area contributed by atoms with Crippen LogP contribution in [0.15, 0.2) is 24.3 Å². The van der Waals surface area contributed by atoms with Gasteiger partial charge < -0.3 is 16.0 Å². The maximum Gasteiger partial charge on any atom is 0.225 e. The highest BCUT2D eigenvalue weighted by Crippen LogP contribution is 2.19. The van der Waals surface area contributed by atoms with Crippen molar-refractivity contribution in [3.05, 3.63) is 30.1 Å². The second kappa shape index (κ2) is 8.10. The number of piperidine rings is 1. The smallest absolute Gasteiger partial charge is 0.225 e. The molecule has 1 heterocycles. The maximum atomic E-state index is 13.4. The van der Waals surface area contributed by atoms with E-state index in [0.29, 0.717) is 12.3 Å². The van der Waals surface area contributed by atoms with Gasteiger partial charge in [0.1, 0.15) is 5.82 Å². The van der Waals surface area contributed by atoms with Gasteiger partial charge in [-0.05, 0) is 50.4 Å². The van der Waals surface area contributed by atoms with E-state index < -0.39 is 5.82 Å². The first kappa shape index (κ1) is 15.9. The van der Waals surface area contributed by atoms with Gasteiger partial charge in [-0.1, -0.05) is 12.1 Å². The Bertz CT molecular complexity index is 465. The third-order valence-electron chi connectivity index (χ3n) is 3.98. The number of likely N-dealkylation sites (tertiary alicyclic amines) is 1. The summed E-state index contributed by atoms with van der Waals surface area (Å²) >= 11 is 0. The van der Waals surface area contributed by atoms with Crippen molar-refractivity contribution in [2.24, 2.45) is 11.7 Å². The van der Waals surface area contributed by atoms with Gasteiger partial charge in [0.2, 0.25) is 5.91 Å². The van der Waals surface area contributed by atoms with Crippen LogP contribution in [-0.4, -0.2) is 37.0 Å². The normalized spacial score (nSPS) is 19.4. The van der Waals surface area contributed by atoms with Gasteiger partial charge in [-0.15, -0.1) is 0 Å². The van der Waals surface area contributed by atoms with Crippen molar-refractivity contribution in [2.75, 3.05) is 31.5 Å². The van der Waals surface area contributed by atoms with Crippen LogP contribution in [0.1, 0.15) is 25.7 Å². The number of rotatable bonds is 6. The van der Waals surface area contributed by atoms with E-state index in [-0.39, 0.29) is 11.6 Å². The fraction of sp³-hybridized carbons (Fsp3) is 0.562. The second-order valence-corrected chi connectivity index (χ2v) is 5.66. The van der Waals surface area contributed by atoms with Crippen molar-refractivity contribution in [1.29, 1.82) is 0 Å². The first-order chi connectivity index (χ1) is 10.2. The Kier molecular flexibility index (Phi) is 6.14. The number of nitrogens with two attached hydrogens (primary N) is 1. The van der Waals surface area contributed by atoms with Gasteiger partial charge in [-0.2, -0.15) is 0 Å². The van der Waals surface area contributed by atoms with Crippen LogP contribution in [0, 0.1) is 11.7 Å². The molecule has 4 nitrogen and oxygen atoms in total. The topological polar surface area (TPSA) is 58.4 Å². The molecule has 1 aliphatic heterocycles. The summed E-state index contributed by atoms with van der Waals surface area (Å²) in [5, 5.41) is 2.63. The molecule has 1 aromatic carbocycles. The number of amides is 1. The highest BCUT2D eigenvalue weighted by molar-refractivity contribution is 5.90. The molecule has 1 unspecified atom stereocenters. The van der Waals surface area contributed by atoms with Gasteiger partial charge in [0.15, 0.2) is 0 Å². The zero-order valence-electron chi connectivity index (χ0n) is 12.4. The maximum absolute atomic E-state index is 13.4. The van der Waals surface area contributed by atoms with Crippen LogP contribution in [0.4, 0.5) is 10.1 Å². The van der Waals surface area contributed by atoms with Gasteiger partial charge in [0, 0.05) is 19.5 Å². The molecule has 0 spiro atoms. The predicted molar refractivity (Wildman–Crippen MR) is 82.5 cm³/mol. The molecule has 2 rings (SSSR count). The van der Waals surface area contributed by atoms with Crippen LogP contribution in [0.3, 0.4) is 0 Å². The molecule has 0 aromatic heterocycles. The Morgan fingerprint density at radius 1 is 1.43 bits per heavy atom. The Hall–Kier alpha value is -1.46. The molecule has 0 aliphatic carbocycles. The number of carbonyl (C=O) groups is 1. The lowest BCUT2D eigenvalue weighted by Crippen LogP contribution is -2.37. The molecule has 1 aliphatic rings. The third kappa shape index (κ3) is 5.10. The zero-order chi connectivity index (χ0) is 15.1. The monoisotopic (exact) mass is 293 g/mol. The summed E-state index contributed by atoms with van der Waals surface area (Å²) < 4.78 is 13.4. The Morgan fingerprint density at radius 2 is 2.24 bits per heavy atom. The van der Waals surface area contributed by atoms with Crippen molar-refractivity contribution < 1.29 is 9.18 Å². The van der Waals surface area contributed by atoms with Crippen molar-refractivity contribution in [3.8, 4) is 0 Å². The molecule has 116 valence electrons. The number of nitrogens with one attached hydrogen (secondary N) is 1. The third-order valence-corrected chi connectivity index (χ3v) is 3.98. The molecule has 1 amide bonds. The van der Waals surface area contributed by atoms with Gasteiger partial charge in [0.25, 0.3) is 0 Å². The number of hydrogen-bond acceptors (Lipinski definition) is 3. The zero-order valence-corrected chi connectivity index (χ0v) is 12.4. The summed E-state index contributed by atoms with van der Waals surface area (Å²) in [5.74, 6) is 0.117. The fourth-order valence-electron chi connectivity index (χ4n) is 2.86. The SMILES string of the molecule is NCCC1CCCN(CCC(=O)Nc2ccccc2F)C1. The number of carbonyl (C=O) groups excluding carboxylic acids is 1. The first-order valence-electron chi connectivity index (χ1n) is 7.66. The number of anilines is 1. The minimum atomic E-state index is -0.396. The van der Waals surface area contributed by atoms with Crippen molar-refractivity contribution >= 4 is 11.6 Å². The Morgan fingerprint density at radius 3 is 3.00 bits per heavy atom. The van der Waals surface area contributed by atoms with Gasteiger partial charge in [-0.25, -0.2) is 4.39 Å². The van der Waals surface area contributed by atoms with E-state index in [1.165, 1.54) is 18.9 Å². The molecular weight excluding hydrogens is 269 g/mol. The average molecular weight is 293 g/mol. The van der Waals surface area contributed by atoms with Crippen LogP contribution in [0.2, 0.25) is 0 Å². The van der Waals surface area contributed by atoms with Crippen molar-refractivity contribution in [1.82, 2.24) is 4.90 Å². The molecule has 3 N–H and O–H groups in total. The highest BCUT2D eigenvalue weighted by atomic mass is 19.1. The van der Waals surface area contributed by atoms with Crippen molar-refractivity contribution in [2.45, 2.75) is 25.7 Å². The van der Waals surface area contributed by atoms with E-state index in [2.05, 4.69) is 10.2 Å². The molecule has 21 heavy (non-hydrogen) atoms. The van der Waals surface area contributed by atoms with Gasteiger partial charge in [0.05, 0.1) is 5.69 Å². The molecule has 0 radical (unpaired) electrons. The summed E-state index contributed by atoms with van der Waals surface area (Å²) in [6, 6.07) is 6.24. The Balaban J connectivity index is 1.75. The molecule has 1 fully saturated rings. The Labute approximate surface area is 125 Å². The summed E-state index contributed by atoms with van der Waals surface area (Å²) in [7, 11) is 0. The first-order valence-corrected chi connectivity index (χ1v) is 7.66. The number of benzene rings is 1.